The van der Waals surface area contributed by atoms with Crippen LogP contribution in [-0.4, -0.2) is 4.98 Å². The molecule has 0 radical (unpaired) electrons. The van der Waals surface area contributed by atoms with Crippen molar-refractivity contribution in [3.63, 3.8) is 0 Å². The Labute approximate surface area is 99.3 Å². The molecule has 1 heterocycles. The first kappa shape index (κ1) is 12.8. The van der Waals surface area contributed by atoms with E-state index in [-0.39, 0.29) is 10.8 Å². The fraction of sp³-hybridized carbons (Fsp3) is 0.533. The lowest BCUT2D eigenvalue weighted by Crippen LogP contribution is -2.15. The zero-order valence-electron chi connectivity index (χ0n) is 11.2. The minimum Gasteiger partial charge on any atom is -0.259 e. The molecule has 0 aliphatic rings. The molecule has 0 aromatic carbocycles. The van der Waals surface area contributed by atoms with Crippen molar-refractivity contribution >= 4 is 0 Å². The van der Waals surface area contributed by atoms with Crippen molar-refractivity contribution in [3.8, 4) is 11.8 Å². The molecule has 0 aliphatic heterocycles. The first-order valence-corrected chi connectivity index (χ1v) is 5.69. The van der Waals surface area contributed by atoms with E-state index >= 15 is 0 Å². The van der Waals surface area contributed by atoms with Gasteiger partial charge in [-0.25, -0.2) is 0 Å². The Kier molecular flexibility index (Phi) is 3.43. The van der Waals surface area contributed by atoms with Crippen LogP contribution < -0.4 is 0 Å². The molecule has 1 nitrogen and oxygen atoms in total. The molecule has 0 bridgehead atoms. The lowest BCUT2D eigenvalue weighted by atomic mass is 9.88. The van der Waals surface area contributed by atoms with Crippen LogP contribution in [0.1, 0.15) is 52.8 Å². The third kappa shape index (κ3) is 3.70. The highest BCUT2D eigenvalue weighted by molar-refractivity contribution is 5.41. The van der Waals surface area contributed by atoms with Crippen LogP contribution in [-0.2, 0) is 5.41 Å². The molecule has 0 unspecified atom stereocenters. The number of hydrogen-bond acceptors (Lipinski definition) is 1. The van der Waals surface area contributed by atoms with Crippen LogP contribution in [0.3, 0.4) is 0 Å². The molecule has 0 spiro atoms. The molecule has 0 saturated carbocycles. The number of rotatable bonds is 0. The Balaban J connectivity index is 3.19. The Morgan fingerprint density at radius 3 is 2.19 bits per heavy atom. The van der Waals surface area contributed by atoms with Crippen LogP contribution in [0.4, 0.5) is 0 Å². The molecule has 0 aliphatic carbocycles. The molecule has 86 valence electrons. The van der Waals surface area contributed by atoms with E-state index in [0.717, 1.165) is 11.3 Å². The predicted octanol–water partition coefficient (Wildman–Crippen LogP) is 3.78. The van der Waals surface area contributed by atoms with Crippen molar-refractivity contribution in [3.05, 3.63) is 29.6 Å². The van der Waals surface area contributed by atoms with Crippen molar-refractivity contribution in [2.24, 2.45) is 5.41 Å². The third-order valence-corrected chi connectivity index (χ3v) is 2.09. The summed E-state index contributed by atoms with van der Waals surface area (Å²) >= 11 is 0. The molecule has 1 aromatic heterocycles. The molecule has 0 fully saturated rings. The van der Waals surface area contributed by atoms with Gasteiger partial charge in [0.05, 0.1) is 5.69 Å². The van der Waals surface area contributed by atoms with Crippen LogP contribution in [0, 0.1) is 17.3 Å². The maximum atomic E-state index is 4.45. The van der Waals surface area contributed by atoms with E-state index < -0.39 is 0 Å². The van der Waals surface area contributed by atoms with Gasteiger partial charge in [-0.1, -0.05) is 32.6 Å². The van der Waals surface area contributed by atoms with Crippen molar-refractivity contribution in [2.45, 2.75) is 47.0 Å². The molecule has 1 rings (SSSR count). The monoisotopic (exact) mass is 215 g/mol. The van der Waals surface area contributed by atoms with Crippen LogP contribution in [0.2, 0.25) is 0 Å². The summed E-state index contributed by atoms with van der Waals surface area (Å²) < 4.78 is 0. The minimum absolute atomic E-state index is 0.0327. The lowest BCUT2D eigenvalue weighted by Gasteiger charge is -2.19. The molecule has 1 aromatic rings. The number of hydrogen-bond donors (Lipinski definition) is 0. The molecule has 0 saturated heterocycles. The molecule has 0 atom stereocenters. The van der Waals surface area contributed by atoms with Crippen molar-refractivity contribution in [2.75, 3.05) is 0 Å². The topological polar surface area (TPSA) is 12.9 Å². The smallest absolute Gasteiger partial charge is 0.0613 e. The summed E-state index contributed by atoms with van der Waals surface area (Å²) in [6.45, 7) is 12.8. The zero-order valence-corrected chi connectivity index (χ0v) is 11.2. The van der Waals surface area contributed by atoms with E-state index in [1.165, 1.54) is 0 Å². The highest BCUT2D eigenvalue weighted by Crippen LogP contribution is 2.23. The first-order valence-electron chi connectivity index (χ1n) is 5.69. The van der Waals surface area contributed by atoms with E-state index in [1.807, 2.05) is 18.3 Å². The van der Waals surface area contributed by atoms with E-state index in [4.69, 9.17) is 0 Å². The second-order valence-corrected chi connectivity index (χ2v) is 6.15. The van der Waals surface area contributed by atoms with Gasteiger partial charge in [0.15, 0.2) is 0 Å². The van der Waals surface area contributed by atoms with Gasteiger partial charge in [0, 0.05) is 22.6 Å². The molecule has 1 heteroatoms. The number of pyridine rings is 1. The molecular weight excluding hydrogens is 194 g/mol. The highest BCUT2D eigenvalue weighted by Gasteiger charge is 2.18. The van der Waals surface area contributed by atoms with Gasteiger partial charge in [-0.15, -0.1) is 0 Å². The summed E-state index contributed by atoms with van der Waals surface area (Å²) in [5.74, 6) is 6.51. The number of aromatic nitrogens is 1. The summed E-state index contributed by atoms with van der Waals surface area (Å²) in [6, 6.07) is 3.99. The van der Waals surface area contributed by atoms with Gasteiger partial charge < -0.3 is 0 Å². The normalized spacial score (nSPS) is 11.9. The summed E-state index contributed by atoms with van der Waals surface area (Å²) in [7, 11) is 0. The largest absolute Gasteiger partial charge is 0.259 e. The average Bonchev–Trinajstić information content (AvgIpc) is 2.12. The second-order valence-electron chi connectivity index (χ2n) is 6.15. The van der Waals surface area contributed by atoms with Crippen LogP contribution in [0.5, 0.6) is 0 Å². The third-order valence-electron chi connectivity index (χ3n) is 2.09. The first-order chi connectivity index (χ1) is 7.20. The summed E-state index contributed by atoms with van der Waals surface area (Å²) in [6.07, 6.45) is 1.84. The Morgan fingerprint density at radius 2 is 1.69 bits per heavy atom. The maximum absolute atomic E-state index is 4.45. The highest BCUT2D eigenvalue weighted by atomic mass is 14.7. The van der Waals surface area contributed by atoms with E-state index in [9.17, 15) is 0 Å². The van der Waals surface area contributed by atoms with Gasteiger partial charge in [-0.05, 0) is 32.9 Å². The van der Waals surface area contributed by atoms with Crippen LogP contribution in [0.25, 0.3) is 0 Å². The Bertz CT molecular complexity index is 419. The summed E-state index contributed by atoms with van der Waals surface area (Å²) in [5.41, 5.74) is 2.20. The van der Waals surface area contributed by atoms with Gasteiger partial charge in [0.1, 0.15) is 0 Å². The van der Waals surface area contributed by atoms with E-state index in [1.54, 1.807) is 0 Å². The van der Waals surface area contributed by atoms with Gasteiger partial charge in [-0.3, -0.25) is 4.98 Å². The lowest BCUT2D eigenvalue weighted by molar-refractivity contribution is 0.564. The van der Waals surface area contributed by atoms with Gasteiger partial charge in [0.25, 0.3) is 0 Å². The van der Waals surface area contributed by atoms with Crippen molar-refractivity contribution in [1.29, 1.82) is 0 Å². The number of nitrogens with zero attached hydrogens (tertiary/aromatic N) is 1. The van der Waals surface area contributed by atoms with Crippen molar-refractivity contribution < 1.29 is 0 Å². The van der Waals surface area contributed by atoms with E-state index in [0.29, 0.717) is 0 Å². The standard InChI is InChI=1S/C15H21N/c1-14(2,3)10-9-12-8-7-11-16-13(12)15(4,5)6/h7-8,11H,1-6H3. The molecule has 0 amide bonds. The summed E-state index contributed by atoms with van der Waals surface area (Å²) in [5, 5.41) is 0. The van der Waals surface area contributed by atoms with Crippen LogP contribution in [0.15, 0.2) is 18.3 Å². The SMILES string of the molecule is CC(C)(C)C#Cc1cccnc1C(C)(C)C. The second kappa shape index (κ2) is 4.29. The van der Waals surface area contributed by atoms with Gasteiger partial charge in [-0.2, -0.15) is 0 Å². The average molecular weight is 215 g/mol. The fourth-order valence-corrected chi connectivity index (χ4v) is 1.36. The van der Waals surface area contributed by atoms with Crippen molar-refractivity contribution in [1.82, 2.24) is 4.98 Å². The quantitative estimate of drug-likeness (QED) is 0.600. The predicted molar refractivity (Wildman–Crippen MR) is 69.3 cm³/mol. The van der Waals surface area contributed by atoms with Crippen LogP contribution >= 0.6 is 0 Å². The molecular formula is C15H21N. The maximum Gasteiger partial charge on any atom is 0.0613 e. The Morgan fingerprint density at radius 1 is 1.06 bits per heavy atom. The van der Waals surface area contributed by atoms with Gasteiger partial charge in [0.2, 0.25) is 0 Å². The van der Waals surface area contributed by atoms with E-state index in [2.05, 4.69) is 58.4 Å². The summed E-state index contributed by atoms with van der Waals surface area (Å²) in [4.78, 5) is 4.45. The molecule has 16 heavy (non-hydrogen) atoms. The fourth-order valence-electron chi connectivity index (χ4n) is 1.36. The Hall–Kier alpha value is -1.29. The minimum atomic E-state index is 0.0327. The molecule has 0 N–H and O–H groups in total. The zero-order chi connectivity index (χ0) is 12.4. The van der Waals surface area contributed by atoms with Gasteiger partial charge >= 0.3 is 0 Å².